The average molecular weight is 387 g/mol. The summed E-state index contributed by atoms with van der Waals surface area (Å²) in [6.07, 6.45) is 12.1. The van der Waals surface area contributed by atoms with Crippen molar-refractivity contribution in [3.63, 3.8) is 0 Å². The van der Waals surface area contributed by atoms with Crippen molar-refractivity contribution in [3.05, 3.63) is 12.4 Å². The fourth-order valence-corrected chi connectivity index (χ4v) is 4.62. The lowest BCUT2D eigenvalue weighted by Gasteiger charge is -2.33. The van der Waals surface area contributed by atoms with Gasteiger partial charge in [0.15, 0.2) is 0 Å². The maximum Gasteiger partial charge on any atom is 0.225 e. The Kier molecular flexibility index (Phi) is 6.62. The monoisotopic (exact) mass is 386 g/mol. The molecule has 4 heterocycles. The van der Waals surface area contributed by atoms with Crippen LogP contribution in [0.4, 0.5) is 11.6 Å². The summed E-state index contributed by atoms with van der Waals surface area (Å²) in [5.41, 5.74) is 1.08. The molecule has 0 spiro atoms. The molecule has 4 rings (SSSR count). The van der Waals surface area contributed by atoms with Gasteiger partial charge in [-0.25, -0.2) is 9.97 Å². The van der Waals surface area contributed by atoms with Gasteiger partial charge < -0.3 is 20.0 Å². The van der Waals surface area contributed by atoms with E-state index in [-0.39, 0.29) is 11.8 Å². The van der Waals surface area contributed by atoms with Crippen LogP contribution < -0.4 is 15.1 Å². The van der Waals surface area contributed by atoms with Crippen LogP contribution in [0.2, 0.25) is 0 Å². The first-order chi connectivity index (χ1) is 13.8. The summed E-state index contributed by atoms with van der Waals surface area (Å²) < 4.78 is 0. The van der Waals surface area contributed by atoms with Crippen LogP contribution in [0.1, 0.15) is 44.9 Å². The molecule has 0 aromatic carbocycles. The van der Waals surface area contributed by atoms with Crippen LogP contribution in [0, 0.1) is 5.92 Å². The summed E-state index contributed by atoms with van der Waals surface area (Å²) >= 11 is 0. The lowest BCUT2D eigenvalue weighted by molar-refractivity contribution is -0.125. The molecule has 28 heavy (non-hydrogen) atoms. The van der Waals surface area contributed by atoms with Gasteiger partial charge in [0.05, 0.1) is 18.1 Å². The van der Waals surface area contributed by atoms with Crippen molar-refractivity contribution in [2.45, 2.75) is 44.9 Å². The van der Waals surface area contributed by atoms with Crippen molar-refractivity contribution in [1.82, 2.24) is 20.2 Å². The van der Waals surface area contributed by atoms with Crippen LogP contribution in [0.3, 0.4) is 0 Å². The van der Waals surface area contributed by atoms with Crippen LogP contribution in [0.5, 0.6) is 0 Å². The van der Waals surface area contributed by atoms with Crippen molar-refractivity contribution in [3.8, 4) is 0 Å². The molecule has 3 aliphatic heterocycles. The highest BCUT2D eigenvalue weighted by atomic mass is 16.1. The summed E-state index contributed by atoms with van der Waals surface area (Å²) in [4.78, 5) is 28.7. The average Bonchev–Trinajstić information content (AvgIpc) is 3.28. The maximum atomic E-state index is 12.5. The maximum absolute atomic E-state index is 12.5. The standard InChI is InChI=1S/C21H34N6O/c28-20(22-8-15-25-9-4-5-10-25)18-6-13-26(14-7-18)19-16-23-21(24-17-19)27-11-2-1-3-12-27/h16-18H,1-15H2,(H,22,28). The molecule has 0 bridgehead atoms. The first-order valence-electron chi connectivity index (χ1n) is 11.1. The third-order valence-electron chi connectivity index (χ3n) is 6.42. The van der Waals surface area contributed by atoms with E-state index in [1.165, 1.54) is 45.2 Å². The van der Waals surface area contributed by atoms with Crippen LogP contribution in [-0.2, 0) is 4.79 Å². The molecule has 7 nitrogen and oxygen atoms in total. The van der Waals surface area contributed by atoms with Gasteiger partial charge in [0.25, 0.3) is 0 Å². The molecule has 1 aromatic rings. The number of nitrogens with one attached hydrogen (secondary N) is 1. The largest absolute Gasteiger partial charge is 0.369 e. The number of hydrogen-bond donors (Lipinski definition) is 1. The quantitative estimate of drug-likeness (QED) is 0.806. The van der Waals surface area contributed by atoms with E-state index >= 15 is 0 Å². The molecule has 7 heteroatoms. The number of carbonyl (C=O) groups is 1. The minimum atomic E-state index is 0.142. The number of likely N-dealkylation sites (tertiary alicyclic amines) is 1. The van der Waals surface area contributed by atoms with Crippen LogP contribution >= 0.6 is 0 Å². The fourth-order valence-electron chi connectivity index (χ4n) is 4.62. The van der Waals surface area contributed by atoms with E-state index in [4.69, 9.17) is 0 Å². The van der Waals surface area contributed by atoms with Gasteiger partial charge in [-0.2, -0.15) is 0 Å². The van der Waals surface area contributed by atoms with E-state index in [0.717, 1.165) is 63.7 Å². The Morgan fingerprint density at radius 2 is 1.54 bits per heavy atom. The number of carbonyl (C=O) groups excluding carboxylic acids is 1. The molecular formula is C21H34N6O. The van der Waals surface area contributed by atoms with Gasteiger partial charge >= 0.3 is 0 Å². The normalized spacial score (nSPS) is 21.9. The van der Waals surface area contributed by atoms with E-state index in [1.54, 1.807) is 0 Å². The van der Waals surface area contributed by atoms with Crippen LogP contribution in [0.15, 0.2) is 12.4 Å². The molecular weight excluding hydrogens is 352 g/mol. The second-order valence-corrected chi connectivity index (χ2v) is 8.39. The lowest BCUT2D eigenvalue weighted by Crippen LogP contribution is -2.42. The molecule has 0 atom stereocenters. The Balaban J connectivity index is 1.20. The molecule has 3 saturated heterocycles. The highest BCUT2D eigenvalue weighted by molar-refractivity contribution is 5.79. The molecule has 154 valence electrons. The van der Waals surface area contributed by atoms with Gasteiger partial charge in [0.1, 0.15) is 0 Å². The number of anilines is 2. The molecule has 3 aliphatic rings. The van der Waals surface area contributed by atoms with E-state index < -0.39 is 0 Å². The van der Waals surface area contributed by atoms with E-state index in [0.29, 0.717) is 0 Å². The molecule has 0 saturated carbocycles. The highest BCUT2D eigenvalue weighted by Gasteiger charge is 2.25. The van der Waals surface area contributed by atoms with Gasteiger partial charge in [-0.05, 0) is 58.0 Å². The van der Waals surface area contributed by atoms with Crippen molar-refractivity contribution in [2.75, 3.05) is 62.2 Å². The molecule has 1 aromatic heterocycles. The Labute approximate surface area is 168 Å². The molecule has 1 amide bonds. The summed E-state index contributed by atoms with van der Waals surface area (Å²) in [5, 5.41) is 3.15. The molecule has 3 fully saturated rings. The van der Waals surface area contributed by atoms with Gasteiger partial charge in [-0.1, -0.05) is 0 Å². The van der Waals surface area contributed by atoms with Crippen molar-refractivity contribution in [1.29, 1.82) is 0 Å². The van der Waals surface area contributed by atoms with Crippen LogP contribution in [0.25, 0.3) is 0 Å². The van der Waals surface area contributed by atoms with Gasteiger partial charge in [-0.15, -0.1) is 0 Å². The topological polar surface area (TPSA) is 64.6 Å². The van der Waals surface area contributed by atoms with Crippen molar-refractivity contribution in [2.24, 2.45) is 5.92 Å². The lowest BCUT2D eigenvalue weighted by atomic mass is 9.95. The molecule has 0 unspecified atom stereocenters. The zero-order chi connectivity index (χ0) is 19.2. The third kappa shape index (κ3) is 4.93. The minimum absolute atomic E-state index is 0.142. The number of rotatable bonds is 6. The predicted molar refractivity (Wildman–Crippen MR) is 112 cm³/mol. The van der Waals surface area contributed by atoms with E-state index in [9.17, 15) is 4.79 Å². The second-order valence-electron chi connectivity index (χ2n) is 8.39. The zero-order valence-electron chi connectivity index (χ0n) is 17.0. The Morgan fingerprint density at radius 3 is 2.21 bits per heavy atom. The van der Waals surface area contributed by atoms with E-state index in [2.05, 4.69) is 30.0 Å². The summed E-state index contributed by atoms with van der Waals surface area (Å²) in [7, 11) is 0. The Morgan fingerprint density at radius 1 is 0.893 bits per heavy atom. The Bertz CT molecular complexity index is 616. The number of amides is 1. The Hall–Kier alpha value is -1.89. The molecule has 0 aliphatic carbocycles. The highest BCUT2D eigenvalue weighted by Crippen LogP contribution is 2.24. The van der Waals surface area contributed by atoms with Crippen molar-refractivity contribution >= 4 is 17.5 Å². The van der Waals surface area contributed by atoms with Gasteiger partial charge in [-0.3, -0.25) is 4.79 Å². The van der Waals surface area contributed by atoms with Crippen LogP contribution in [-0.4, -0.2) is 73.1 Å². The molecule has 1 N–H and O–H groups in total. The number of aromatic nitrogens is 2. The smallest absolute Gasteiger partial charge is 0.225 e. The molecule has 0 radical (unpaired) electrons. The SMILES string of the molecule is O=C(NCCN1CCCC1)C1CCN(c2cnc(N3CCCCC3)nc2)CC1. The number of piperidine rings is 2. The van der Waals surface area contributed by atoms with Crippen molar-refractivity contribution < 1.29 is 4.79 Å². The van der Waals surface area contributed by atoms with Gasteiger partial charge in [0.2, 0.25) is 11.9 Å². The third-order valence-corrected chi connectivity index (χ3v) is 6.42. The predicted octanol–water partition coefficient (Wildman–Crippen LogP) is 1.90. The number of nitrogens with zero attached hydrogens (tertiary/aromatic N) is 5. The first kappa shape index (κ1) is 19.4. The summed E-state index contributed by atoms with van der Waals surface area (Å²) in [6.45, 7) is 8.08. The van der Waals surface area contributed by atoms with Gasteiger partial charge in [0, 0.05) is 45.2 Å². The zero-order valence-corrected chi connectivity index (χ0v) is 17.0. The fraction of sp³-hybridized carbons (Fsp3) is 0.762. The second kappa shape index (κ2) is 9.54. The first-order valence-corrected chi connectivity index (χ1v) is 11.1. The minimum Gasteiger partial charge on any atom is -0.369 e. The summed E-state index contributed by atoms with van der Waals surface area (Å²) in [6, 6.07) is 0. The number of hydrogen-bond acceptors (Lipinski definition) is 6. The van der Waals surface area contributed by atoms with E-state index in [1.807, 2.05) is 12.4 Å². The summed E-state index contributed by atoms with van der Waals surface area (Å²) in [5.74, 6) is 1.23.